The molecule has 3 heteroatoms. The van der Waals surface area contributed by atoms with Crippen LogP contribution in [-0.2, 0) is 9.53 Å². The highest BCUT2D eigenvalue weighted by Gasteiger charge is 2.31. The molecule has 0 bridgehead atoms. The van der Waals surface area contributed by atoms with Crippen molar-refractivity contribution in [2.75, 3.05) is 6.61 Å². The molecule has 13 heavy (non-hydrogen) atoms. The quantitative estimate of drug-likeness (QED) is 0.627. The number of esters is 1. The summed E-state index contributed by atoms with van der Waals surface area (Å²) in [5.41, 5.74) is 0.947. The fraction of sp³-hybridized carbons (Fsp3) is 0.800. The zero-order chi connectivity index (χ0) is 9.90. The van der Waals surface area contributed by atoms with Crippen LogP contribution in [0, 0.1) is 0 Å². The SMILES string of the molecule is CCOC(=O)CC1(C)CCC(C)=N1. The van der Waals surface area contributed by atoms with E-state index < -0.39 is 0 Å². The van der Waals surface area contributed by atoms with Crippen molar-refractivity contribution >= 4 is 11.7 Å². The van der Waals surface area contributed by atoms with E-state index in [1.54, 1.807) is 0 Å². The maximum Gasteiger partial charge on any atom is 0.308 e. The van der Waals surface area contributed by atoms with Crippen LogP contribution in [-0.4, -0.2) is 23.8 Å². The molecule has 74 valence electrons. The molecule has 0 saturated carbocycles. The van der Waals surface area contributed by atoms with E-state index >= 15 is 0 Å². The fourth-order valence-electron chi connectivity index (χ4n) is 1.67. The van der Waals surface area contributed by atoms with Crippen molar-refractivity contribution in [3.05, 3.63) is 0 Å². The zero-order valence-electron chi connectivity index (χ0n) is 8.59. The van der Waals surface area contributed by atoms with Gasteiger partial charge in [0.2, 0.25) is 0 Å². The van der Waals surface area contributed by atoms with Crippen molar-refractivity contribution in [2.45, 2.75) is 45.6 Å². The van der Waals surface area contributed by atoms with Crippen molar-refractivity contribution in [1.82, 2.24) is 0 Å². The van der Waals surface area contributed by atoms with Gasteiger partial charge in [-0.15, -0.1) is 0 Å². The number of carbonyl (C=O) groups excluding carboxylic acids is 1. The van der Waals surface area contributed by atoms with Gasteiger partial charge in [-0.3, -0.25) is 9.79 Å². The maximum atomic E-state index is 11.2. The summed E-state index contributed by atoms with van der Waals surface area (Å²) >= 11 is 0. The Bertz CT molecular complexity index is 235. The summed E-state index contributed by atoms with van der Waals surface area (Å²) in [5, 5.41) is 0. The molecule has 1 aliphatic heterocycles. The Morgan fingerprint density at radius 2 is 2.38 bits per heavy atom. The monoisotopic (exact) mass is 183 g/mol. The van der Waals surface area contributed by atoms with Gasteiger partial charge in [0.1, 0.15) is 0 Å². The lowest BCUT2D eigenvalue weighted by atomic mass is 9.95. The molecule has 1 atom stereocenters. The van der Waals surface area contributed by atoms with Gasteiger partial charge < -0.3 is 4.74 Å². The minimum atomic E-state index is -0.198. The van der Waals surface area contributed by atoms with Crippen molar-refractivity contribution in [1.29, 1.82) is 0 Å². The van der Waals surface area contributed by atoms with Gasteiger partial charge >= 0.3 is 5.97 Å². The first-order chi connectivity index (χ1) is 6.06. The minimum Gasteiger partial charge on any atom is -0.466 e. The highest BCUT2D eigenvalue weighted by Crippen LogP contribution is 2.28. The Labute approximate surface area is 79.2 Å². The van der Waals surface area contributed by atoms with Crippen LogP contribution < -0.4 is 0 Å². The van der Waals surface area contributed by atoms with Gasteiger partial charge in [0.05, 0.1) is 18.6 Å². The molecule has 1 rings (SSSR count). The number of nitrogens with zero attached hydrogens (tertiary/aromatic N) is 1. The van der Waals surface area contributed by atoms with Gasteiger partial charge in [0, 0.05) is 5.71 Å². The van der Waals surface area contributed by atoms with E-state index in [1.807, 2.05) is 20.8 Å². The third-order valence-corrected chi connectivity index (χ3v) is 2.32. The van der Waals surface area contributed by atoms with Crippen LogP contribution in [0.4, 0.5) is 0 Å². The highest BCUT2D eigenvalue weighted by atomic mass is 16.5. The van der Waals surface area contributed by atoms with Gasteiger partial charge in [-0.25, -0.2) is 0 Å². The van der Waals surface area contributed by atoms with E-state index in [0.717, 1.165) is 18.6 Å². The molecule has 0 aromatic rings. The lowest BCUT2D eigenvalue weighted by Gasteiger charge is -2.18. The van der Waals surface area contributed by atoms with Crippen LogP contribution in [0.5, 0.6) is 0 Å². The van der Waals surface area contributed by atoms with E-state index in [1.165, 1.54) is 0 Å². The number of rotatable bonds is 3. The molecule has 1 heterocycles. The summed E-state index contributed by atoms with van der Waals surface area (Å²) in [6, 6.07) is 0. The normalized spacial score (nSPS) is 27.2. The molecule has 1 aliphatic rings. The summed E-state index contributed by atoms with van der Waals surface area (Å²) in [7, 11) is 0. The second-order valence-corrected chi connectivity index (χ2v) is 3.83. The van der Waals surface area contributed by atoms with Gasteiger partial charge in [0.15, 0.2) is 0 Å². The van der Waals surface area contributed by atoms with Crippen LogP contribution in [0.3, 0.4) is 0 Å². The van der Waals surface area contributed by atoms with Gasteiger partial charge in [-0.1, -0.05) is 0 Å². The zero-order valence-corrected chi connectivity index (χ0v) is 8.59. The summed E-state index contributed by atoms with van der Waals surface area (Å²) in [4.78, 5) is 15.7. The van der Waals surface area contributed by atoms with Gasteiger partial charge in [0.25, 0.3) is 0 Å². The summed E-state index contributed by atoms with van der Waals surface area (Å²) in [5.74, 6) is -0.136. The predicted octanol–water partition coefficient (Wildman–Crippen LogP) is 1.95. The second-order valence-electron chi connectivity index (χ2n) is 3.83. The molecule has 0 aliphatic carbocycles. The van der Waals surface area contributed by atoms with Crippen LogP contribution in [0.15, 0.2) is 4.99 Å². The van der Waals surface area contributed by atoms with Crippen LogP contribution in [0.2, 0.25) is 0 Å². The minimum absolute atomic E-state index is 0.136. The first-order valence-electron chi connectivity index (χ1n) is 4.77. The molecule has 0 aromatic carbocycles. The van der Waals surface area contributed by atoms with Crippen molar-refractivity contribution in [2.24, 2.45) is 4.99 Å². The van der Waals surface area contributed by atoms with Gasteiger partial charge in [-0.2, -0.15) is 0 Å². The number of ether oxygens (including phenoxy) is 1. The predicted molar refractivity (Wildman–Crippen MR) is 52.0 cm³/mol. The molecule has 0 radical (unpaired) electrons. The number of hydrogen-bond acceptors (Lipinski definition) is 3. The van der Waals surface area contributed by atoms with Crippen LogP contribution in [0.1, 0.15) is 40.0 Å². The average Bonchev–Trinajstić information content (AvgIpc) is 2.30. The lowest BCUT2D eigenvalue weighted by Crippen LogP contribution is -2.24. The van der Waals surface area contributed by atoms with Crippen LogP contribution in [0.25, 0.3) is 0 Å². The lowest BCUT2D eigenvalue weighted by molar-refractivity contribution is -0.144. The molecule has 0 saturated heterocycles. The Hall–Kier alpha value is -0.860. The maximum absolute atomic E-state index is 11.2. The molecular weight excluding hydrogens is 166 g/mol. The van der Waals surface area contributed by atoms with E-state index in [4.69, 9.17) is 4.74 Å². The molecule has 0 amide bonds. The van der Waals surface area contributed by atoms with Crippen LogP contribution >= 0.6 is 0 Å². The number of aliphatic imine (C=N–C) groups is 1. The molecule has 0 fully saturated rings. The van der Waals surface area contributed by atoms with E-state index in [9.17, 15) is 4.79 Å². The molecule has 1 unspecified atom stereocenters. The summed E-state index contributed by atoms with van der Waals surface area (Å²) in [6.07, 6.45) is 2.39. The summed E-state index contributed by atoms with van der Waals surface area (Å²) < 4.78 is 4.90. The van der Waals surface area contributed by atoms with Crippen molar-refractivity contribution < 1.29 is 9.53 Å². The van der Waals surface area contributed by atoms with E-state index in [0.29, 0.717) is 13.0 Å². The number of hydrogen-bond donors (Lipinski definition) is 0. The molecule has 0 spiro atoms. The topological polar surface area (TPSA) is 38.7 Å². The third-order valence-electron chi connectivity index (χ3n) is 2.32. The fourth-order valence-corrected chi connectivity index (χ4v) is 1.67. The molecule has 0 N–H and O–H groups in total. The van der Waals surface area contributed by atoms with Crippen molar-refractivity contribution in [3.63, 3.8) is 0 Å². The Morgan fingerprint density at radius 3 is 2.85 bits per heavy atom. The summed E-state index contributed by atoms with van der Waals surface area (Å²) in [6.45, 7) is 6.30. The smallest absolute Gasteiger partial charge is 0.308 e. The first-order valence-corrected chi connectivity index (χ1v) is 4.77. The average molecular weight is 183 g/mol. The van der Waals surface area contributed by atoms with Crippen molar-refractivity contribution in [3.8, 4) is 0 Å². The van der Waals surface area contributed by atoms with Gasteiger partial charge in [-0.05, 0) is 33.6 Å². The third kappa shape index (κ3) is 2.83. The Kier molecular flexibility index (Phi) is 3.07. The molecule has 3 nitrogen and oxygen atoms in total. The molecular formula is C10H17NO2. The first kappa shape index (κ1) is 10.2. The molecule has 0 aromatic heterocycles. The van der Waals surface area contributed by atoms with E-state index in [2.05, 4.69) is 4.99 Å². The highest BCUT2D eigenvalue weighted by molar-refractivity contribution is 5.85. The second kappa shape index (κ2) is 3.90. The largest absolute Gasteiger partial charge is 0.466 e. The standard InChI is InChI=1S/C10H17NO2/c1-4-13-9(12)7-10(3)6-5-8(2)11-10/h4-7H2,1-3H3. The Morgan fingerprint density at radius 1 is 1.69 bits per heavy atom. The Balaban J connectivity index is 2.48. The number of carbonyl (C=O) groups is 1. The van der Waals surface area contributed by atoms with E-state index in [-0.39, 0.29) is 11.5 Å².